The molecule has 4 aliphatic rings. The van der Waals surface area contributed by atoms with Gasteiger partial charge in [-0.2, -0.15) is 0 Å². The zero-order valence-electron chi connectivity index (χ0n) is 20.5. The van der Waals surface area contributed by atoms with Crippen LogP contribution in [0.2, 0.25) is 0 Å². The van der Waals surface area contributed by atoms with Crippen LogP contribution >= 0.6 is 0 Å². The van der Waals surface area contributed by atoms with Crippen molar-refractivity contribution in [1.82, 2.24) is 15.1 Å². The Hall–Kier alpha value is -1.88. The van der Waals surface area contributed by atoms with Crippen LogP contribution in [0.3, 0.4) is 0 Å². The molecule has 1 unspecified atom stereocenters. The maximum atomic E-state index is 14.0. The molecule has 1 aliphatic carbocycles. The van der Waals surface area contributed by atoms with E-state index in [9.17, 15) is 9.59 Å². The first-order chi connectivity index (χ1) is 16.0. The molecule has 5 rings (SSSR count). The van der Waals surface area contributed by atoms with E-state index in [-0.39, 0.29) is 23.3 Å². The van der Waals surface area contributed by atoms with E-state index in [4.69, 9.17) is 0 Å². The van der Waals surface area contributed by atoms with E-state index >= 15 is 0 Å². The molecule has 3 fully saturated rings. The molecule has 3 heterocycles. The van der Waals surface area contributed by atoms with Gasteiger partial charge in [0.1, 0.15) is 0 Å². The summed E-state index contributed by atoms with van der Waals surface area (Å²) in [4.78, 5) is 32.4. The Bertz CT molecular complexity index is 874. The number of benzene rings is 1. The Morgan fingerprint density at radius 1 is 1.06 bits per heavy atom. The van der Waals surface area contributed by atoms with Crippen LogP contribution in [0.25, 0.3) is 0 Å². The lowest BCUT2D eigenvalue weighted by Gasteiger charge is -2.51. The van der Waals surface area contributed by atoms with Crippen molar-refractivity contribution in [1.29, 1.82) is 0 Å². The monoisotopic (exact) mass is 451 g/mol. The first-order valence-corrected chi connectivity index (χ1v) is 13.4. The molecule has 1 N–H and O–H groups in total. The van der Waals surface area contributed by atoms with E-state index in [2.05, 4.69) is 29.0 Å². The lowest BCUT2D eigenvalue weighted by Crippen LogP contribution is -2.61. The number of fused-ring (bicyclic) bond motifs is 2. The van der Waals surface area contributed by atoms with Crippen molar-refractivity contribution in [2.75, 3.05) is 26.2 Å². The van der Waals surface area contributed by atoms with Crippen molar-refractivity contribution in [3.63, 3.8) is 0 Å². The van der Waals surface area contributed by atoms with E-state index in [0.717, 1.165) is 49.9 Å². The molecule has 0 aromatic heterocycles. The van der Waals surface area contributed by atoms with Gasteiger partial charge in [-0.1, -0.05) is 51.3 Å². The van der Waals surface area contributed by atoms with E-state index < -0.39 is 0 Å². The van der Waals surface area contributed by atoms with Crippen LogP contribution in [0.1, 0.15) is 93.5 Å². The van der Waals surface area contributed by atoms with Crippen molar-refractivity contribution in [3.8, 4) is 0 Å². The van der Waals surface area contributed by atoms with E-state index in [1.807, 2.05) is 24.3 Å². The number of carbonyl (C=O) groups excluding carboxylic acids is 2. The van der Waals surface area contributed by atoms with Crippen LogP contribution in [0.4, 0.5) is 0 Å². The summed E-state index contributed by atoms with van der Waals surface area (Å²) in [7, 11) is 0. The smallest absolute Gasteiger partial charge is 0.254 e. The third kappa shape index (κ3) is 4.11. The van der Waals surface area contributed by atoms with Crippen molar-refractivity contribution in [2.24, 2.45) is 11.8 Å². The number of piperidine rings is 2. The predicted octanol–water partition coefficient (Wildman–Crippen LogP) is 4.58. The molecule has 2 amide bonds. The number of carbonyl (C=O) groups is 2. The summed E-state index contributed by atoms with van der Waals surface area (Å²) in [5, 5.41) is 3.43. The van der Waals surface area contributed by atoms with Gasteiger partial charge in [-0.05, 0) is 75.1 Å². The lowest BCUT2D eigenvalue weighted by atomic mass is 9.70. The fourth-order valence-electron chi connectivity index (χ4n) is 7.45. The fourth-order valence-corrected chi connectivity index (χ4v) is 7.45. The quantitative estimate of drug-likeness (QED) is 0.713. The average molecular weight is 452 g/mol. The van der Waals surface area contributed by atoms with Gasteiger partial charge in [0, 0.05) is 24.7 Å². The molecule has 1 spiro atoms. The van der Waals surface area contributed by atoms with E-state index in [1.54, 1.807) is 0 Å². The van der Waals surface area contributed by atoms with Gasteiger partial charge in [-0.25, -0.2) is 0 Å². The van der Waals surface area contributed by atoms with Crippen molar-refractivity contribution >= 4 is 11.8 Å². The largest absolute Gasteiger partial charge is 0.355 e. The zero-order chi connectivity index (χ0) is 23.0. The molecular formula is C28H41N3O2. The summed E-state index contributed by atoms with van der Waals surface area (Å²) in [6.45, 7) is 8.28. The second kappa shape index (κ2) is 9.40. The first-order valence-electron chi connectivity index (χ1n) is 13.4. The van der Waals surface area contributed by atoms with Crippen molar-refractivity contribution in [2.45, 2.75) is 89.1 Å². The molecule has 2 saturated heterocycles. The molecule has 1 saturated carbocycles. The van der Waals surface area contributed by atoms with Gasteiger partial charge in [-0.3, -0.25) is 9.59 Å². The lowest BCUT2D eigenvalue weighted by molar-refractivity contribution is -0.127. The summed E-state index contributed by atoms with van der Waals surface area (Å²) in [5.74, 6) is 0.919. The minimum absolute atomic E-state index is 0.121. The topological polar surface area (TPSA) is 52.7 Å². The molecular weight excluding hydrogens is 410 g/mol. The highest BCUT2D eigenvalue weighted by Gasteiger charge is 2.55. The van der Waals surface area contributed by atoms with Gasteiger partial charge in [0.25, 0.3) is 5.91 Å². The third-order valence-corrected chi connectivity index (χ3v) is 8.87. The molecule has 5 nitrogen and oxygen atoms in total. The number of hydrogen-bond donors (Lipinski definition) is 1. The Morgan fingerprint density at radius 3 is 2.61 bits per heavy atom. The Morgan fingerprint density at radius 2 is 1.82 bits per heavy atom. The summed E-state index contributed by atoms with van der Waals surface area (Å²) in [6, 6.07) is 8.52. The Balaban J connectivity index is 1.42. The van der Waals surface area contributed by atoms with Gasteiger partial charge in [0.15, 0.2) is 0 Å². The highest BCUT2D eigenvalue weighted by molar-refractivity contribution is 6.02. The van der Waals surface area contributed by atoms with Crippen LogP contribution in [0, 0.1) is 11.8 Å². The molecule has 3 aliphatic heterocycles. The SMILES string of the molecule is CC(C)CN1C(=O)c2ccccc2C(C(=O)NC[C@@H]2CCCN3CCCC[C@H]23)C12CCCC2. The Labute approximate surface area is 199 Å². The van der Waals surface area contributed by atoms with Crippen molar-refractivity contribution in [3.05, 3.63) is 35.4 Å². The predicted molar refractivity (Wildman–Crippen MR) is 131 cm³/mol. The Kier molecular flexibility index (Phi) is 6.52. The summed E-state index contributed by atoms with van der Waals surface area (Å²) < 4.78 is 0. The van der Waals surface area contributed by atoms with Crippen LogP contribution in [-0.4, -0.2) is 59.4 Å². The van der Waals surface area contributed by atoms with Gasteiger partial charge in [0.2, 0.25) is 5.91 Å². The minimum atomic E-state index is -0.372. The standard InChI is InChI=1S/C28H41N3O2/c1-20(2)19-31-27(33)23-12-4-3-11-22(23)25(28(31)14-6-7-15-28)26(32)29-18-21-10-9-17-30-16-8-5-13-24(21)30/h3-4,11-12,20-21,24-25H,5-10,13-19H2,1-2H3,(H,29,32)/t21-,24+,25?/m0/s1. The molecule has 1 aromatic carbocycles. The highest BCUT2D eigenvalue weighted by Crippen LogP contribution is 2.50. The summed E-state index contributed by atoms with van der Waals surface area (Å²) >= 11 is 0. The van der Waals surface area contributed by atoms with Gasteiger partial charge in [0.05, 0.1) is 11.5 Å². The van der Waals surface area contributed by atoms with Crippen LogP contribution in [0.15, 0.2) is 24.3 Å². The van der Waals surface area contributed by atoms with Gasteiger partial charge >= 0.3 is 0 Å². The number of rotatable bonds is 5. The minimum Gasteiger partial charge on any atom is -0.355 e. The van der Waals surface area contributed by atoms with Crippen LogP contribution in [0.5, 0.6) is 0 Å². The number of nitrogens with one attached hydrogen (secondary N) is 1. The number of hydrogen-bond acceptors (Lipinski definition) is 3. The molecule has 180 valence electrons. The maximum absolute atomic E-state index is 14.0. The molecule has 1 aromatic rings. The maximum Gasteiger partial charge on any atom is 0.254 e. The molecule has 5 heteroatoms. The van der Waals surface area contributed by atoms with Crippen molar-refractivity contribution < 1.29 is 9.59 Å². The zero-order valence-corrected chi connectivity index (χ0v) is 20.5. The number of nitrogens with zero attached hydrogens (tertiary/aromatic N) is 2. The van der Waals surface area contributed by atoms with Crippen LogP contribution in [-0.2, 0) is 4.79 Å². The summed E-state index contributed by atoms with van der Waals surface area (Å²) in [6.07, 6.45) is 10.4. The molecule has 33 heavy (non-hydrogen) atoms. The third-order valence-electron chi connectivity index (χ3n) is 8.87. The van der Waals surface area contributed by atoms with E-state index in [1.165, 1.54) is 45.2 Å². The van der Waals surface area contributed by atoms with Crippen LogP contribution < -0.4 is 5.32 Å². The first kappa shape index (κ1) is 22.9. The summed E-state index contributed by atoms with van der Waals surface area (Å²) in [5.41, 5.74) is 1.31. The normalized spacial score (nSPS) is 29.2. The van der Waals surface area contributed by atoms with Gasteiger partial charge < -0.3 is 15.1 Å². The second-order valence-electron chi connectivity index (χ2n) is 11.4. The molecule has 0 radical (unpaired) electrons. The molecule has 0 bridgehead atoms. The molecule has 3 atom stereocenters. The highest BCUT2D eigenvalue weighted by atomic mass is 16.2. The fraction of sp³-hybridized carbons (Fsp3) is 0.714. The van der Waals surface area contributed by atoms with E-state index in [0.29, 0.717) is 17.9 Å². The average Bonchev–Trinajstić information content (AvgIpc) is 3.30. The second-order valence-corrected chi connectivity index (χ2v) is 11.4. The van der Waals surface area contributed by atoms with Gasteiger partial charge in [-0.15, -0.1) is 0 Å². The number of amides is 2.